The molecule has 0 aliphatic rings. The Hall–Kier alpha value is -3.12. The summed E-state index contributed by atoms with van der Waals surface area (Å²) in [5, 5.41) is 0. The Morgan fingerprint density at radius 3 is 2.19 bits per heavy atom. The third-order valence-electron chi connectivity index (χ3n) is 5.20. The number of aryl methyl sites for hydroxylation is 3. The van der Waals surface area contributed by atoms with E-state index in [4.69, 9.17) is 4.74 Å². The largest absolute Gasteiger partial charge is 0.483 e. The average Bonchev–Trinajstić information content (AvgIpc) is 2.76. The monoisotopic (exact) mass is 437 g/mol. The minimum absolute atomic E-state index is 0.0468. The van der Waals surface area contributed by atoms with Crippen molar-refractivity contribution >= 4 is 21.6 Å². The standard InChI is InChI=1S/C25H27NO4S/c1-5-21-11-13-22(14-12-21)26(31(28,29)23-9-7-6-8-10-23)25(27)17-30-24-16-18(2)15-19(3)20(24)4/h6-16H,5,17H2,1-4H3. The Morgan fingerprint density at radius 2 is 1.58 bits per heavy atom. The smallest absolute Gasteiger partial charge is 0.278 e. The summed E-state index contributed by atoms with van der Waals surface area (Å²) >= 11 is 0. The fourth-order valence-corrected chi connectivity index (χ4v) is 4.76. The predicted molar refractivity (Wildman–Crippen MR) is 123 cm³/mol. The maximum absolute atomic E-state index is 13.4. The molecule has 0 atom stereocenters. The van der Waals surface area contributed by atoms with Gasteiger partial charge in [0, 0.05) is 0 Å². The van der Waals surface area contributed by atoms with E-state index in [1.165, 1.54) is 12.1 Å². The van der Waals surface area contributed by atoms with Crippen LogP contribution in [0.3, 0.4) is 0 Å². The Morgan fingerprint density at radius 1 is 0.935 bits per heavy atom. The van der Waals surface area contributed by atoms with Crippen LogP contribution in [0, 0.1) is 20.8 Å². The lowest BCUT2D eigenvalue weighted by Gasteiger charge is -2.23. The van der Waals surface area contributed by atoms with Gasteiger partial charge in [0.2, 0.25) is 0 Å². The number of amides is 1. The molecule has 0 N–H and O–H groups in total. The van der Waals surface area contributed by atoms with Crippen molar-refractivity contribution in [1.82, 2.24) is 0 Å². The van der Waals surface area contributed by atoms with Crippen molar-refractivity contribution in [3.05, 3.63) is 89.0 Å². The number of carbonyl (C=O) groups excluding carboxylic acids is 1. The van der Waals surface area contributed by atoms with Crippen LogP contribution in [0.15, 0.2) is 71.6 Å². The van der Waals surface area contributed by atoms with Crippen molar-refractivity contribution in [3.8, 4) is 5.75 Å². The van der Waals surface area contributed by atoms with Crippen LogP contribution in [-0.4, -0.2) is 20.9 Å². The van der Waals surface area contributed by atoms with Crippen LogP contribution in [0.1, 0.15) is 29.2 Å². The molecule has 0 aromatic heterocycles. The van der Waals surface area contributed by atoms with E-state index in [9.17, 15) is 13.2 Å². The Bertz CT molecular complexity index is 1170. The number of rotatable bonds is 7. The van der Waals surface area contributed by atoms with Crippen molar-refractivity contribution in [1.29, 1.82) is 0 Å². The third-order valence-corrected chi connectivity index (χ3v) is 6.97. The maximum Gasteiger partial charge on any atom is 0.278 e. The fourth-order valence-electron chi connectivity index (χ4n) is 3.33. The molecule has 0 saturated heterocycles. The molecule has 0 fully saturated rings. The normalized spacial score (nSPS) is 11.2. The molecule has 3 aromatic rings. The number of sulfonamides is 1. The fraction of sp³-hybridized carbons (Fsp3) is 0.240. The number of ether oxygens (including phenoxy) is 1. The molecule has 0 saturated carbocycles. The SMILES string of the molecule is CCc1ccc(N(C(=O)COc2cc(C)cc(C)c2C)S(=O)(=O)c2ccccc2)cc1. The summed E-state index contributed by atoms with van der Waals surface area (Å²) in [6, 6.07) is 18.8. The third kappa shape index (κ3) is 4.97. The van der Waals surface area contributed by atoms with E-state index in [0.29, 0.717) is 5.75 Å². The molecule has 31 heavy (non-hydrogen) atoms. The van der Waals surface area contributed by atoms with E-state index in [-0.39, 0.29) is 10.6 Å². The Labute approximate surface area is 184 Å². The lowest BCUT2D eigenvalue weighted by molar-refractivity contribution is -0.119. The summed E-state index contributed by atoms with van der Waals surface area (Å²) in [6.45, 7) is 7.45. The lowest BCUT2D eigenvalue weighted by atomic mass is 10.1. The van der Waals surface area contributed by atoms with Gasteiger partial charge in [0.15, 0.2) is 6.61 Å². The summed E-state index contributed by atoms with van der Waals surface area (Å²) in [7, 11) is -4.10. The summed E-state index contributed by atoms with van der Waals surface area (Å²) in [5.41, 5.74) is 4.31. The zero-order valence-electron chi connectivity index (χ0n) is 18.3. The van der Waals surface area contributed by atoms with Crippen molar-refractivity contribution in [3.63, 3.8) is 0 Å². The predicted octanol–water partition coefficient (Wildman–Crippen LogP) is 4.98. The highest BCUT2D eigenvalue weighted by Crippen LogP contribution is 2.26. The molecule has 0 unspecified atom stereocenters. The molecule has 0 aliphatic heterocycles. The van der Waals surface area contributed by atoms with Gasteiger partial charge in [0.1, 0.15) is 5.75 Å². The van der Waals surface area contributed by atoms with Gasteiger partial charge in [-0.15, -0.1) is 0 Å². The van der Waals surface area contributed by atoms with Crippen LogP contribution in [0.2, 0.25) is 0 Å². The van der Waals surface area contributed by atoms with Gasteiger partial charge in [-0.3, -0.25) is 4.79 Å². The molecule has 0 heterocycles. The second-order valence-corrected chi connectivity index (χ2v) is 9.28. The summed E-state index contributed by atoms with van der Waals surface area (Å²) in [6.07, 6.45) is 0.814. The number of anilines is 1. The van der Waals surface area contributed by atoms with Gasteiger partial charge in [-0.25, -0.2) is 8.42 Å². The van der Waals surface area contributed by atoms with Crippen LogP contribution < -0.4 is 9.04 Å². The molecule has 5 nitrogen and oxygen atoms in total. The number of nitrogens with zero attached hydrogens (tertiary/aromatic N) is 1. The van der Waals surface area contributed by atoms with Crippen molar-refractivity contribution in [2.45, 2.75) is 39.0 Å². The first kappa shape index (κ1) is 22.6. The zero-order chi connectivity index (χ0) is 22.6. The molecular formula is C25H27NO4S. The van der Waals surface area contributed by atoms with Crippen LogP contribution in [0.25, 0.3) is 0 Å². The van der Waals surface area contributed by atoms with Gasteiger partial charge < -0.3 is 4.74 Å². The van der Waals surface area contributed by atoms with Gasteiger partial charge in [0.05, 0.1) is 10.6 Å². The van der Waals surface area contributed by atoms with E-state index in [2.05, 4.69) is 0 Å². The van der Waals surface area contributed by atoms with Crippen molar-refractivity contribution < 1.29 is 17.9 Å². The minimum atomic E-state index is -4.10. The number of hydrogen-bond acceptors (Lipinski definition) is 4. The second kappa shape index (κ2) is 9.35. The first-order chi connectivity index (χ1) is 14.7. The lowest BCUT2D eigenvalue weighted by Crippen LogP contribution is -2.40. The maximum atomic E-state index is 13.4. The van der Waals surface area contributed by atoms with Gasteiger partial charge in [0.25, 0.3) is 15.9 Å². The van der Waals surface area contributed by atoms with Crippen LogP contribution in [0.5, 0.6) is 5.75 Å². The van der Waals surface area contributed by atoms with Gasteiger partial charge in [-0.1, -0.05) is 43.3 Å². The molecule has 0 aliphatic carbocycles. The summed E-state index contributed by atoms with van der Waals surface area (Å²) < 4.78 is 33.3. The molecule has 162 valence electrons. The van der Waals surface area contributed by atoms with E-state index in [1.807, 2.05) is 52.0 Å². The van der Waals surface area contributed by atoms with Crippen LogP contribution in [-0.2, 0) is 21.2 Å². The Balaban J connectivity index is 1.97. The quantitative estimate of drug-likeness (QED) is 0.523. The number of benzene rings is 3. The second-order valence-electron chi connectivity index (χ2n) is 7.49. The van der Waals surface area contributed by atoms with E-state index in [0.717, 1.165) is 33.0 Å². The highest BCUT2D eigenvalue weighted by atomic mass is 32.2. The van der Waals surface area contributed by atoms with Crippen molar-refractivity contribution in [2.24, 2.45) is 0 Å². The topological polar surface area (TPSA) is 63.7 Å². The summed E-state index contributed by atoms with van der Waals surface area (Å²) in [5.74, 6) is -0.0871. The van der Waals surface area contributed by atoms with E-state index >= 15 is 0 Å². The van der Waals surface area contributed by atoms with Gasteiger partial charge in [-0.2, -0.15) is 4.31 Å². The highest BCUT2D eigenvalue weighted by molar-refractivity contribution is 7.93. The average molecular weight is 438 g/mol. The molecule has 0 bridgehead atoms. The van der Waals surface area contributed by atoms with Crippen LogP contribution in [0.4, 0.5) is 5.69 Å². The highest BCUT2D eigenvalue weighted by Gasteiger charge is 2.31. The van der Waals surface area contributed by atoms with E-state index < -0.39 is 22.5 Å². The molecule has 3 aromatic carbocycles. The minimum Gasteiger partial charge on any atom is -0.483 e. The van der Waals surface area contributed by atoms with Gasteiger partial charge >= 0.3 is 0 Å². The molecule has 3 rings (SSSR count). The molecule has 1 amide bonds. The van der Waals surface area contributed by atoms with E-state index in [1.54, 1.807) is 30.3 Å². The van der Waals surface area contributed by atoms with Crippen molar-refractivity contribution in [2.75, 3.05) is 10.9 Å². The number of carbonyl (C=O) groups is 1. The zero-order valence-corrected chi connectivity index (χ0v) is 19.1. The summed E-state index contributed by atoms with van der Waals surface area (Å²) in [4.78, 5) is 13.2. The van der Waals surface area contributed by atoms with Gasteiger partial charge in [-0.05, 0) is 79.8 Å². The first-order valence-electron chi connectivity index (χ1n) is 10.2. The number of hydrogen-bond donors (Lipinski definition) is 0. The molecule has 0 spiro atoms. The molecular weight excluding hydrogens is 410 g/mol. The molecule has 0 radical (unpaired) electrons. The molecule has 6 heteroatoms. The first-order valence-corrected chi connectivity index (χ1v) is 11.6. The van der Waals surface area contributed by atoms with Crippen LogP contribution >= 0.6 is 0 Å². The Kier molecular flexibility index (Phi) is 6.81.